The van der Waals surface area contributed by atoms with Gasteiger partial charge >= 0.3 is 0 Å². The monoisotopic (exact) mass is 214 g/mol. The van der Waals surface area contributed by atoms with E-state index in [4.69, 9.17) is 0 Å². The van der Waals surface area contributed by atoms with Gasteiger partial charge < -0.3 is 15.5 Å². The third-order valence-corrected chi connectivity index (χ3v) is 3.14. The number of β-amino-alcohol motifs (C(OH)–C–C–N with tert-alkyl or cyclic N) is 2. The number of carbonyl (C=O) groups excluding carboxylic acids is 1. The number of aliphatic hydroxyl groups is 2. The molecule has 5 nitrogen and oxygen atoms in total. The molecule has 2 rings (SSSR count). The molecule has 3 atom stereocenters. The van der Waals surface area contributed by atoms with Gasteiger partial charge in [0, 0.05) is 19.1 Å². The van der Waals surface area contributed by atoms with Crippen LogP contribution in [-0.4, -0.2) is 58.4 Å². The molecule has 1 aliphatic carbocycles. The minimum absolute atomic E-state index is 0.00111. The molecule has 1 saturated carbocycles. The van der Waals surface area contributed by atoms with Crippen LogP contribution in [0, 0.1) is 0 Å². The summed E-state index contributed by atoms with van der Waals surface area (Å²) in [5.74, 6) is -0.00111. The minimum Gasteiger partial charge on any atom is -0.389 e. The average Bonchev–Trinajstić information content (AvgIpc) is 2.93. The molecular formula is C10H18N2O3. The molecule has 15 heavy (non-hydrogen) atoms. The molecule has 0 radical (unpaired) electrons. The van der Waals surface area contributed by atoms with Crippen LogP contribution in [0.2, 0.25) is 0 Å². The van der Waals surface area contributed by atoms with Gasteiger partial charge in [0.05, 0.1) is 18.2 Å². The van der Waals surface area contributed by atoms with E-state index in [0.29, 0.717) is 19.1 Å². The van der Waals surface area contributed by atoms with Crippen LogP contribution in [0.4, 0.5) is 0 Å². The lowest BCUT2D eigenvalue weighted by atomic mass is 10.3. The first-order chi connectivity index (χ1) is 7.08. The maximum atomic E-state index is 11.7. The molecule has 0 bridgehead atoms. The van der Waals surface area contributed by atoms with Crippen LogP contribution in [0.25, 0.3) is 0 Å². The lowest BCUT2D eigenvalue weighted by molar-refractivity contribution is -0.125. The Morgan fingerprint density at radius 1 is 1.33 bits per heavy atom. The molecule has 5 heteroatoms. The summed E-state index contributed by atoms with van der Waals surface area (Å²) in [5, 5.41) is 21.7. The quantitative estimate of drug-likeness (QED) is 0.545. The largest absolute Gasteiger partial charge is 0.389 e. The Balaban J connectivity index is 1.84. The van der Waals surface area contributed by atoms with Crippen molar-refractivity contribution < 1.29 is 15.0 Å². The van der Waals surface area contributed by atoms with E-state index >= 15 is 0 Å². The molecule has 2 fully saturated rings. The first-order valence-electron chi connectivity index (χ1n) is 5.48. The Morgan fingerprint density at radius 2 is 1.87 bits per heavy atom. The molecule has 3 N–H and O–H groups in total. The van der Waals surface area contributed by atoms with E-state index in [2.05, 4.69) is 5.32 Å². The second kappa shape index (κ2) is 4.08. The van der Waals surface area contributed by atoms with Gasteiger partial charge in [-0.1, -0.05) is 0 Å². The van der Waals surface area contributed by atoms with Crippen molar-refractivity contribution in [2.75, 3.05) is 13.1 Å². The Kier molecular flexibility index (Phi) is 2.95. The van der Waals surface area contributed by atoms with Crippen molar-refractivity contribution in [3.05, 3.63) is 0 Å². The highest BCUT2D eigenvalue weighted by molar-refractivity contribution is 5.81. The van der Waals surface area contributed by atoms with Crippen molar-refractivity contribution in [1.82, 2.24) is 10.2 Å². The van der Waals surface area contributed by atoms with Gasteiger partial charge in [0.15, 0.2) is 0 Å². The second-order valence-electron chi connectivity index (χ2n) is 4.55. The van der Waals surface area contributed by atoms with E-state index in [-0.39, 0.29) is 11.9 Å². The van der Waals surface area contributed by atoms with Gasteiger partial charge in [-0.3, -0.25) is 9.69 Å². The zero-order valence-corrected chi connectivity index (χ0v) is 8.89. The van der Waals surface area contributed by atoms with Crippen molar-refractivity contribution in [3.8, 4) is 0 Å². The van der Waals surface area contributed by atoms with Crippen LogP contribution in [-0.2, 0) is 4.79 Å². The first kappa shape index (κ1) is 10.9. The van der Waals surface area contributed by atoms with Crippen LogP contribution < -0.4 is 5.32 Å². The van der Waals surface area contributed by atoms with Crippen LogP contribution in [0.1, 0.15) is 19.8 Å². The molecule has 1 saturated heterocycles. The smallest absolute Gasteiger partial charge is 0.237 e. The first-order valence-corrected chi connectivity index (χ1v) is 5.48. The summed E-state index contributed by atoms with van der Waals surface area (Å²) in [4.78, 5) is 13.5. The highest BCUT2D eigenvalue weighted by atomic mass is 16.3. The van der Waals surface area contributed by atoms with Gasteiger partial charge in [0.2, 0.25) is 5.91 Å². The van der Waals surface area contributed by atoms with Crippen LogP contribution in [0.3, 0.4) is 0 Å². The summed E-state index contributed by atoms with van der Waals surface area (Å²) in [5.41, 5.74) is 0. The van der Waals surface area contributed by atoms with Crippen LogP contribution >= 0.6 is 0 Å². The van der Waals surface area contributed by atoms with Crippen molar-refractivity contribution in [3.63, 3.8) is 0 Å². The Labute approximate surface area is 89.1 Å². The molecule has 86 valence electrons. The molecule has 0 aromatic rings. The topological polar surface area (TPSA) is 72.8 Å². The van der Waals surface area contributed by atoms with Gasteiger partial charge in [0.1, 0.15) is 0 Å². The lowest BCUT2D eigenvalue weighted by Crippen LogP contribution is -2.45. The molecule has 3 unspecified atom stereocenters. The van der Waals surface area contributed by atoms with E-state index in [9.17, 15) is 15.0 Å². The third kappa shape index (κ3) is 2.48. The molecule has 1 amide bonds. The maximum Gasteiger partial charge on any atom is 0.237 e. The summed E-state index contributed by atoms with van der Waals surface area (Å²) in [7, 11) is 0. The fourth-order valence-corrected chi connectivity index (χ4v) is 1.83. The van der Waals surface area contributed by atoms with Gasteiger partial charge in [-0.15, -0.1) is 0 Å². The molecular weight excluding hydrogens is 196 g/mol. The molecule has 0 spiro atoms. The number of nitrogens with one attached hydrogen (secondary N) is 1. The maximum absolute atomic E-state index is 11.7. The van der Waals surface area contributed by atoms with Gasteiger partial charge in [-0.25, -0.2) is 0 Å². The minimum atomic E-state index is -0.721. The van der Waals surface area contributed by atoms with Crippen LogP contribution in [0.15, 0.2) is 0 Å². The van der Waals surface area contributed by atoms with Gasteiger partial charge in [0.25, 0.3) is 0 Å². The summed E-state index contributed by atoms with van der Waals surface area (Å²) in [6.07, 6.45) is 0.704. The predicted octanol–water partition coefficient (Wildman–Crippen LogP) is -1.31. The van der Waals surface area contributed by atoms with E-state index in [1.807, 2.05) is 11.8 Å². The van der Waals surface area contributed by atoms with Crippen molar-refractivity contribution >= 4 is 5.91 Å². The summed E-state index contributed by atoms with van der Waals surface area (Å²) in [6.45, 7) is 2.56. The zero-order valence-electron chi connectivity index (χ0n) is 8.89. The standard InChI is InChI=1S/C10H18N2O3/c1-6(10(15)11-7-2-3-7)12-4-8(13)9(14)5-12/h6-9,13-14H,2-5H2,1H3,(H,11,15). The van der Waals surface area contributed by atoms with E-state index in [0.717, 1.165) is 12.8 Å². The van der Waals surface area contributed by atoms with E-state index in [1.165, 1.54) is 0 Å². The molecule has 2 aliphatic rings. The number of rotatable bonds is 3. The molecule has 1 heterocycles. The Morgan fingerprint density at radius 3 is 2.33 bits per heavy atom. The van der Waals surface area contributed by atoms with Gasteiger partial charge in [-0.2, -0.15) is 0 Å². The number of hydrogen-bond acceptors (Lipinski definition) is 4. The fourth-order valence-electron chi connectivity index (χ4n) is 1.83. The third-order valence-electron chi connectivity index (χ3n) is 3.14. The second-order valence-corrected chi connectivity index (χ2v) is 4.55. The zero-order chi connectivity index (χ0) is 11.0. The summed E-state index contributed by atoms with van der Waals surface area (Å²) >= 11 is 0. The predicted molar refractivity (Wildman–Crippen MR) is 54.2 cm³/mol. The Hall–Kier alpha value is -0.650. The number of hydrogen-bond donors (Lipinski definition) is 3. The van der Waals surface area contributed by atoms with Crippen molar-refractivity contribution in [2.24, 2.45) is 0 Å². The summed E-state index contributed by atoms with van der Waals surface area (Å²) < 4.78 is 0. The van der Waals surface area contributed by atoms with E-state index < -0.39 is 12.2 Å². The van der Waals surface area contributed by atoms with Crippen LogP contribution in [0.5, 0.6) is 0 Å². The van der Waals surface area contributed by atoms with Crippen molar-refractivity contribution in [2.45, 2.75) is 44.1 Å². The fraction of sp³-hybridized carbons (Fsp3) is 0.900. The number of amides is 1. The van der Waals surface area contributed by atoms with Gasteiger partial charge in [-0.05, 0) is 19.8 Å². The number of aliphatic hydroxyl groups excluding tert-OH is 2. The Bertz CT molecular complexity index is 245. The number of nitrogens with zero attached hydrogens (tertiary/aromatic N) is 1. The highest BCUT2D eigenvalue weighted by Gasteiger charge is 2.36. The van der Waals surface area contributed by atoms with E-state index in [1.54, 1.807) is 0 Å². The lowest BCUT2D eigenvalue weighted by Gasteiger charge is -2.22. The highest BCUT2D eigenvalue weighted by Crippen LogP contribution is 2.20. The SMILES string of the molecule is CC(C(=O)NC1CC1)N1CC(O)C(O)C1. The summed E-state index contributed by atoms with van der Waals surface area (Å²) in [6, 6.07) is 0.0924. The normalized spacial score (nSPS) is 34.1. The molecule has 0 aromatic carbocycles. The number of likely N-dealkylation sites (tertiary alicyclic amines) is 1. The van der Waals surface area contributed by atoms with Crippen molar-refractivity contribution in [1.29, 1.82) is 0 Å². The average molecular weight is 214 g/mol. The molecule has 1 aliphatic heterocycles. The number of carbonyl (C=O) groups is 1. The molecule has 0 aromatic heterocycles.